The Morgan fingerprint density at radius 2 is 1.88 bits per heavy atom. The van der Waals surface area contributed by atoms with Crippen molar-refractivity contribution in [2.45, 2.75) is 38.2 Å². The molecule has 0 bridgehead atoms. The van der Waals surface area contributed by atoms with Gasteiger partial charge in [-0.1, -0.05) is 19.0 Å². The molecule has 1 aliphatic heterocycles. The van der Waals surface area contributed by atoms with Crippen molar-refractivity contribution >= 4 is 21.7 Å². The fourth-order valence-electron chi connectivity index (χ4n) is 3.92. The minimum Gasteiger partial charge on any atom is -0.461 e. The first-order valence-corrected chi connectivity index (χ1v) is 12.4. The van der Waals surface area contributed by atoms with Crippen LogP contribution in [0.4, 0.5) is 5.69 Å². The summed E-state index contributed by atoms with van der Waals surface area (Å²) in [7, 11) is -3.72. The van der Waals surface area contributed by atoms with E-state index in [1.54, 1.807) is 44.2 Å². The zero-order valence-corrected chi connectivity index (χ0v) is 19.5. The zero-order valence-electron chi connectivity index (χ0n) is 18.7. The van der Waals surface area contributed by atoms with Crippen LogP contribution in [0.15, 0.2) is 56.5 Å². The van der Waals surface area contributed by atoms with Gasteiger partial charge in [-0.25, -0.2) is 13.2 Å². The number of carbonyl (C=O) groups excluding carboxylic acids is 1. The van der Waals surface area contributed by atoms with E-state index in [0.29, 0.717) is 36.0 Å². The van der Waals surface area contributed by atoms with Gasteiger partial charge in [-0.2, -0.15) is 4.31 Å². The van der Waals surface area contributed by atoms with Gasteiger partial charge in [-0.15, -0.1) is 0 Å². The largest absolute Gasteiger partial charge is 0.461 e. The number of benzene rings is 1. The summed E-state index contributed by atoms with van der Waals surface area (Å²) >= 11 is 0. The van der Waals surface area contributed by atoms with Crippen molar-refractivity contribution in [3.8, 4) is 11.5 Å². The van der Waals surface area contributed by atoms with Crippen LogP contribution in [0.2, 0.25) is 0 Å². The zero-order chi connectivity index (χ0) is 23.4. The molecular weight excluding hydrogens is 446 g/mol. The molecule has 9 nitrogen and oxygen atoms in total. The molecule has 2 aromatic heterocycles. The van der Waals surface area contributed by atoms with E-state index in [9.17, 15) is 13.2 Å². The summed E-state index contributed by atoms with van der Waals surface area (Å²) < 4.78 is 43.4. The Balaban J connectivity index is 1.59. The Kier molecular flexibility index (Phi) is 6.85. The summed E-state index contributed by atoms with van der Waals surface area (Å²) in [6.07, 6.45) is 3.56. The summed E-state index contributed by atoms with van der Waals surface area (Å²) in [6.45, 7) is 5.74. The molecule has 33 heavy (non-hydrogen) atoms. The van der Waals surface area contributed by atoms with Gasteiger partial charge in [0.15, 0.2) is 5.76 Å². The monoisotopic (exact) mass is 473 g/mol. The maximum Gasteiger partial charge on any atom is 0.340 e. The second kappa shape index (κ2) is 9.80. The first kappa shape index (κ1) is 23.1. The third kappa shape index (κ3) is 4.81. The molecule has 0 spiro atoms. The average molecular weight is 474 g/mol. The summed E-state index contributed by atoms with van der Waals surface area (Å²) in [5.74, 6) is 0.331. The molecule has 3 aromatic rings. The molecule has 1 fully saturated rings. The summed E-state index contributed by atoms with van der Waals surface area (Å²) in [5, 5.41) is 3.91. The maximum atomic E-state index is 13.1. The number of sulfonamides is 1. The number of rotatable bonds is 9. The van der Waals surface area contributed by atoms with Gasteiger partial charge in [0.1, 0.15) is 12.3 Å². The Labute approximate surface area is 193 Å². The second-order valence-electron chi connectivity index (χ2n) is 7.70. The molecule has 1 aromatic carbocycles. The highest BCUT2D eigenvalue weighted by molar-refractivity contribution is 7.89. The number of carbonyl (C=O) groups is 1. The molecule has 1 aliphatic rings. The fraction of sp³-hybridized carbons (Fsp3) is 0.391. The molecule has 10 heteroatoms. The van der Waals surface area contributed by atoms with Gasteiger partial charge in [-0.05, 0) is 43.2 Å². The molecule has 0 N–H and O–H groups in total. The van der Waals surface area contributed by atoms with E-state index in [1.807, 2.05) is 0 Å². The third-order valence-electron chi connectivity index (χ3n) is 5.65. The van der Waals surface area contributed by atoms with E-state index >= 15 is 0 Å². The highest BCUT2D eigenvalue weighted by atomic mass is 32.2. The lowest BCUT2D eigenvalue weighted by atomic mass is 10.1. The van der Waals surface area contributed by atoms with Crippen LogP contribution in [0.25, 0.3) is 11.5 Å². The van der Waals surface area contributed by atoms with E-state index in [-0.39, 0.29) is 17.1 Å². The van der Waals surface area contributed by atoms with Crippen LogP contribution < -0.4 is 4.90 Å². The second-order valence-corrected chi connectivity index (χ2v) is 9.64. The first-order chi connectivity index (χ1) is 15.9. The smallest absolute Gasteiger partial charge is 0.340 e. The number of anilines is 1. The van der Waals surface area contributed by atoms with Crippen molar-refractivity contribution in [1.29, 1.82) is 0 Å². The molecule has 0 unspecified atom stereocenters. The SMILES string of the molecule is CCN(CC)S(=O)(=O)c1ccc(N2CCCC2)c(C(=O)OCc2cc(-c3ccco3)on2)c1. The van der Waals surface area contributed by atoms with Crippen molar-refractivity contribution in [2.24, 2.45) is 0 Å². The van der Waals surface area contributed by atoms with Gasteiger partial charge >= 0.3 is 5.97 Å². The molecule has 0 saturated carbocycles. The third-order valence-corrected chi connectivity index (χ3v) is 7.70. The average Bonchev–Trinajstić information content (AvgIpc) is 3.60. The molecular formula is C23H27N3O6S. The number of esters is 1. The van der Waals surface area contributed by atoms with Crippen molar-refractivity contribution < 1.29 is 26.9 Å². The normalized spacial score (nSPS) is 14.2. The van der Waals surface area contributed by atoms with Crippen LogP contribution in [0.3, 0.4) is 0 Å². The highest BCUT2D eigenvalue weighted by Gasteiger charge is 2.27. The summed E-state index contributed by atoms with van der Waals surface area (Å²) in [5.41, 5.74) is 1.32. The standard InChI is InChI=1S/C23H27N3O6S/c1-3-26(4-2)33(28,29)18-9-10-20(25-11-5-6-12-25)19(15-18)23(27)31-16-17-14-22(32-24-17)21-8-7-13-30-21/h7-10,13-15H,3-6,11-12,16H2,1-2H3. The number of ether oxygens (including phenoxy) is 1. The Hall–Kier alpha value is -3.11. The highest BCUT2D eigenvalue weighted by Crippen LogP contribution is 2.29. The van der Waals surface area contributed by atoms with Crippen molar-refractivity contribution in [3.05, 3.63) is 53.9 Å². The predicted octanol–water partition coefficient (Wildman–Crippen LogP) is 3.92. The van der Waals surface area contributed by atoms with Gasteiger partial charge in [0, 0.05) is 32.2 Å². The lowest BCUT2D eigenvalue weighted by molar-refractivity contribution is 0.0464. The molecule has 176 valence electrons. The minimum absolute atomic E-state index is 0.0719. The van der Waals surface area contributed by atoms with Gasteiger partial charge in [0.25, 0.3) is 0 Å². The van der Waals surface area contributed by atoms with E-state index in [0.717, 1.165) is 25.9 Å². The number of hydrogen-bond donors (Lipinski definition) is 0. The first-order valence-electron chi connectivity index (χ1n) is 11.0. The van der Waals surface area contributed by atoms with Crippen LogP contribution in [-0.4, -0.2) is 50.0 Å². The van der Waals surface area contributed by atoms with Gasteiger partial charge in [0.05, 0.1) is 22.4 Å². The van der Waals surface area contributed by atoms with Crippen LogP contribution in [0, 0.1) is 0 Å². The van der Waals surface area contributed by atoms with E-state index in [2.05, 4.69) is 10.1 Å². The Morgan fingerprint density at radius 3 is 2.55 bits per heavy atom. The molecule has 3 heterocycles. The maximum absolute atomic E-state index is 13.1. The van der Waals surface area contributed by atoms with Gasteiger partial charge in [-0.3, -0.25) is 0 Å². The predicted molar refractivity (Wildman–Crippen MR) is 121 cm³/mol. The van der Waals surface area contributed by atoms with Crippen LogP contribution in [-0.2, 0) is 21.4 Å². The molecule has 0 radical (unpaired) electrons. The van der Waals surface area contributed by atoms with Gasteiger partial charge < -0.3 is 18.6 Å². The summed E-state index contributed by atoms with van der Waals surface area (Å²) in [6, 6.07) is 9.78. The minimum atomic E-state index is -3.72. The van der Waals surface area contributed by atoms with Gasteiger partial charge in [0.2, 0.25) is 15.8 Å². The number of hydrogen-bond acceptors (Lipinski definition) is 8. The molecule has 0 aliphatic carbocycles. The van der Waals surface area contributed by atoms with Crippen LogP contribution >= 0.6 is 0 Å². The fourth-order valence-corrected chi connectivity index (χ4v) is 5.40. The Bertz CT molecular complexity index is 1190. The van der Waals surface area contributed by atoms with E-state index < -0.39 is 16.0 Å². The quantitative estimate of drug-likeness (QED) is 0.431. The van der Waals surface area contributed by atoms with Crippen molar-refractivity contribution in [2.75, 3.05) is 31.1 Å². The number of aromatic nitrogens is 1. The van der Waals surface area contributed by atoms with Crippen molar-refractivity contribution in [3.63, 3.8) is 0 Å². The van der Waals surface area contributed by atoms with E-state index in [1.165, 1.54) is 16.6 Å². The number of furan rings is 1. The topological polar surface area (TPSA) is 106 Å². The van der Waals surface area contributed by atoms with Crippen molar-refractivity contribution in [1.82, 2.24) is 9.46 Å². The van der Waals surface area contributed by atoms with Crippen LogP contribution in [0.5, 0.6) is 0 Å². The van der Waals surface area contributed by atoms with E-state index in [4.69, 9.17) is 13.7 Å². The molecule has 0 amide bonds. The molecule has 0 atom stereocenters. The molecule has 1 saturated heterocycles. The lowest BCUT2D eigenvalue weighted by Crippen LogP contribution is -2.31. The molecule has 4 rings (SSSR count). The van der Waals surface area contributed by atoms with Crippen LogP contribution in [0.1, 0.15) is 42.7 Å². The number of nitrogens with zero attached hydrogens (tertiary/aromatic N) is 3. The Morgan fingerprint density at radius 1 is 1.12 bits per heavy atom. The summed E-state index contributed by atoms with van der Waals surface area (Å²) in [4.78, 5) is 15.2. The lowest BCUT2D eigenvalue weighted by Gasteiger charge is -2.23.